The summed E-state index contributed by atoms with van der Waals surface area (Å²) in [5.41, 5.74) is 1.05. The second-order valence-corrected chi connectivity index (χ2v) is 7.73. The molecule has 0 radical (unpaired) electrons. The summed E-state index contributed by atoms with van der Waals surface area (Å²) in [6.07, 6.45) is 2.03. The molecule has 2 fully saturated rings. The van der Waals surface area contributed by atoms with Gasteiger partial charge in [0.15, 0.2) is 0 Å². The zero-order valence-electron chi connectivity index (χ0n) is 16.0. The fourth-order valence-corrected chi connectivity index (χ4v) is 4.67. The van der Waals surface area contributed by atoms with Gasteiger partial charge >= 0.3 is 0 Å². The summed E-state index contributed by atoms with van der Waals surface area (Å²) in [5.74, 6) is 0.725. The molecule has 4 rings (SSSR count). The van der Waals surface area contributed by atoms with Gasteiger partial charge in [-0.05, 0) is 11.6 Å². The lowest BCUT2D eigenvalue weighted by atomic mass is 9.89. The van der Waals surface area contributed by atoms with Crippen molar-refractivity contribution >= 4 is 11.8 Å². The average Bonchev–Trinajstić information content (AvgIpc) is 3.26. The number of carbonyl (C=O) groups is 2. The number of hydrogen-bond donors (Lipinski definition) is 0. The normalized spacial score (nSPS) is 23.7. The Bertz CT molecular complexity index is 924. The second-order valence-electron chi connectivity index (χ2n) is 7.73. The molecule has 0 spiro atoms. The third-order valence-electron chi connectivity index (χ3n) is 6.03. The third-order valence-corrected chi connectivity index (χ3v) is 6.03. The first-order chi connectivity index (χ1) is 13.5. The van der Waals surface area contributed by atoms with Gasteiger partial charge in [-0.2, -0.15) is 0 Å². The van der Waals surface area contributed by atoms with Gasteiger partial charge < -0.3 is 14.4 Å². The molecular weight excluding hydrogens is 354 g/mol. The van der Waals surface area contributed by atoms with Gasteiger partial charge in [0.2, 0.25) is 11.8 Å². The first-order valence-electron chi connectivity index (χ1n) is 9.80. The Morgan fingerprint density at radius 1 is 1.00 bits per heavy atom. The predicted molar refractivity (Wildman–Crippen MR) is 105 cm³/mol. The summed E-state index contributed by atoms with van der Waals surface area (Å²) in [6.45, 7) is 4.06. The Balaban J connectivity index is 1.45. The van der Waals surface area contributed by atoms with E-state index < -0.39 is 0 Å². The highest BCUT2D eigenvalue weighted by atomic mass is 16.2. The van der Waals surface area contributed by atoms with E-state index in [2.05, 4.69) is 12.1 Å². The van der Waals surface area contributed by atoms with Gasteiger partial charge in [0.25, 0.3) is 5.56 Å². The Labute approximate surface area is 164 Å². The molecule has 2 saturated heterocycles. The quantitative estimate of drug-likeness (QED) is 0.815. The first-order valence-corrected chi connectivity index (χ1v) is 9.80. The van der Waals surface area contributed by atoms with E-state index in [-0.39, 0.29) is 29.3 Å². The zero-order chi connectivity index (χ0) is 19.7. The standard InChI is InChI=1S/C22H25N3O3/c1-16(26)25-14-18-13-24(15-19(18)22(25)17-7-3-2-4-8-17)21(28)10-12-23-11-6-5-9-20(23)27/h2-9,11,18-19,22H,10,12-15H2,1H3/t18-,19-,22+/m1/s1. The smallest absolute Gasteiger partial charge is 0.250 e. The molecule has 2 amide bonds. The van der Waals surface area contributed by atoms with Gasteiger partial charge in [-0.3, -0.25) is 14.4 Å². The average molecular weight is 379 g/mol. The fraction of sp³-hybridized carbons (Fsp3) is 0.409. The van der Waals surface area contributed by atoms with Gasteiger partial charge in [0.1, 0.15) is 0 Å². The molecule has 1 aromatic heterocycles. The second kappa shape index (κ2) is 7.62. The molecule has 2 aliphatic rings. The molecule has 0 unspecified atom stereocenters. The number of nitrogens with zero attached hydrogens (tertiary/aromatic N) is 3. The van der Waals surface area contributed by atoms with Crippen LogP contribution in [0.3, 0.4) is 0 Å². The van der Waals surface area contributed by atoms with Crippen molar-refractivity contribution in [1.82, 2.24) is 14.4 Å². The van der Waals surface area contributed by atoms with Crippen LogP contribution < -0.4 is 5.56 Å². The minimum absolute atomic E-state index is 0.0262. The summed E-state index contributed by atoms with van der Waals surface area (Å²) >= 11 is 0. The summed E-state index contributed by atoms with van der Waals surface area (Å²) in [7, 11) is 0. The van der Waals surface area contributed by atoms with Gasteiger partial charge in [-0.1, -0.05) is 36.4 Å². The van der Waals surface area contributed by atoms with Crippen molar-refractivity contribution in [2.75, 3.05) is 19.6 Å². The van der Waals surface area contributed by atoms with Gasteiger partial charge in [0, 0.05) is 63.6 Å². The molecule has 6 heteroatoms. The van der Waals surface area contributed by atoms with E-state index in [9.17, 15) is 14.4 Å². The molecular formula is C22H25N3O3. The number of aromatic nitrogens is 1. The monoisotopic (exact) mass is 379 g/mol. The highest BCUT2D eigenvalue weighted by Gasteiger charge is 2.49. The molecule has 28 heavy (non-hydrogen) atoms. The SMILES string of the molecule is CC(=O)N1C[C@H]2CN(C(=O)CCn3ccccc3=O)C[C@H]2[C@@H]1c1ccccc1. The molecule has 0 N–H and O–H groups in total. The molecule has 146 valence electrons. The van der Waals surface area contributed by atoms with Crippen LogP contribution in [0.4, 0.5) is 0 Å². The lowest BCUT2D eigenvalue weighted by Crippen LogP contribution is -2.37. The number of fused-ring (bicyclic) bond motifs is 1. The van der Waals surface area contributed by atoms with E-state index in [0.717, 1.165) is 5.56 Å². The number of benzene rings is 1. The number of amides is 2. The molecule has 2 aliphatic heterocycles. The first kappa shape index (κ1) is 18.5. The van der Waals surface area contributed by atoms with E-state index in [1.165, 1.54) is 6.07 Å². The van der Waals surface area contributed by atoms with Gasteiger partial charge in [0.05, 0.1) is 6.04 Å². The van der Waals surface area contributed by atoms with Crippen LogP contribution in [0, 0.1) is 11.8 Å². The Hall–Kier alpha value is -2.89. The van der Waals surface area contributed by atoms with Crippen LogP contribution in [0.2, 0.25) is 0 Å². The van der Waals surface area contributed by atoms with Crippen molar-refractivity contribution in [1.29, 1.82) is 0 Å². The van der Waals surface area contributed by atoms with Crippen molar-refractivity contribution in [3.63, 3.8) is 0 Å². The molecule has 0 aliphatic carbocycles. The summed E-state index contributed by atoms with van der Waals surface area (Å²) in [5, 5.41) is 0. The van der Waals surface area contributed by atoms with Crippen LogP contribution in [-0.4, -0.2) is 45.8 Å². The molecule has 3 atom stereocenters. The van der Waals surface area contributed by atoms with Crippen LogP contribution in [0.25, 0.3) is 0 Å². The van der Waals surface area contributed by atoms with Crippen molar-refractivity contribution < 1.29 is 9.59 Å². The summed E-state index contributed by atoms with van der Waals surface area (Å²) < 4.78 is 1.57. The molecule has 2 aromatic rings. The number of pyridine rings is 1. The van der Waals surface area contributed by atoms with Gasteiger partial charge in [-0.15, -0.1) is 0 Å². The highest BCUT2D eigenvalue weighted by molar-refractivity contribution is 5.77. The van der Waals surface area contributed by atoms with E-state index in [0.29, 0.717) is 38.5 Å². The van der Waals surface area contributed by atoms with E-state index in [1.807, 2.05) is 28.0 Å². The van der Waals surface area contributed by atoms with E-state index in [4.69, 9.17) is 0 Å². The third kappa shape index (κ3) is 3.46. The summed E-state index contributed by atoms with van der Waals surface area (Å²) in [6, 6.07) is 15.1. The van der Waals surface area contributed by atoms with Crippen molar-refractivity contribution in [2.45, 2.75) is 25.9 Å². The summed E-state index contributed by atoms with van der Waals surface area (Å²) in [4.78, 5) is 40.6. The van der Waals surface area contributed by atoms with E-state index >= 15 is 0 Å². The maximum absolute atomic E-state index is 12.7. The van der Waals surface area contributed by atoms with Crippen molar-refractivity contribution in [3.05, 3.63) is 70.6 Å². The number of rotatable bonds is 4. The molecule has 1 aromatic carbocycles. The van der Waals surface area contributed by atoms with Crippen LogP contribution in [0.1, 0.15) is 24.9 Å². The predicted octanol–water partition coefficient (Wildman–Crippen LogP) is 1.92. The maximum atomic E-state index is 12.7. The number of hydrogen-bond acceptors (Lipinski definition) is 3. The Kier molecular flexibility index (Phi) is 5.03. The number of aryl methyl sites for hydroxylation is 1. The van der Waals surface area contributed by atoms with Gasteiger partial charge in [-0.25, -0.2) is 0 Å². The Morgan fingerprint density at radius 2 is 1.75 bits per heavy atom. The van der Waals surface area contributed by atoms with Crippen LogP contribution >= 0.6 is 0 Å². The van der Waals surface area contributed by atoms with Crippen LogP contribution in [0.5, 0.6) is 0 Å². The van der Waals surface area contributed by atoms with Crippen molar-refractivity contribution in [2.24, 2.45) is 11.8 Å². The molecule has 0 bridgehead atoms. The maximum Gasteiger partial charge on any atom is 0.250 e. The molecule has 3 heterocycles. The van der Waals surface area contributed by atoms with Crippen LogP contribution in [0.15, 0.2) is 59.5 Å². The fourth-order valence-electron chi connectivity index (χ4n) is 4.67. The highest BCUT2D eigenvalue weighted by Crippen LogP contribution is 2.45. The lowest BCUT2D eigenvalue weighted by molar-refractivity contribution is -0.132. The lowest BCUT2D eigenvalue weighted by Gasteiger charge is -2.29. The molecule has 0 saturated carbocycles. The van der Waals surface area contributed by atoms with Crippen LogP contribution in [-0.2, 0) is 16.1 Å². The minimum atomic E-state index is -0.0881. The van der Waals surface area contributed by atoms with E-state index in [1.54, 1.807) is 29.8 Å². The largest absolute Gasteiger partial charge is 0.342 e. The minimum Gasteiger partial charge on any atom is -0.342 e. The topological polar surface area (TPSA) is 62.6 Å². The number of carbonyl (C=O) groups excluding carboxylic acids is 2. The Morgan fingerprint density at radius 3 is 2.46 bits per heavy atom. The number of likely N-dealkylation sites (tertiary alicyclic amines) is 2. The zero-order valence-corrected chi connectivity index (χ0v) is 16.0. The van der Waals surface area contributed by atoms with Crippen molar-refractivity contribution in [3.8, 4) is 0 Å². The molecule has 6 nitrogen and oxygen atoms in total.